The predicted octanol–water partition coefficient (Wildman–Crippen LogP) is 10.5. The van der Waals surface area contributed by atoms with Crippen molar-refractivity contribution in [3.8, 4) is 0 Å². The molecule has 5 aliphatic rings. The van der Waals surface area contributed by atoms with Crippen molar-refractivity contribution in [2.75, 3.05) is 6.61 Å². The molecule has 5 fully saturated rings. The zero-order valence-electron chi connectivity index (χ0n) is 47.6. The Bertz CT molecular complexity index is 1910. The summed E-state index contributed by atoms with van der Waals surface area (Å²) >= 11 is 0. The quantitative estimate of drug-likeness (QED) is 0.0515. The first-order valence-electron chi connectivity index (χ1n) is 29.1. The van der Waals surface area contributed by atoms with E-state index in [1.54, 1.807) is 0 Å². The largest absolute Gasteiger partial charge is 0.462 e. The highest BCUT2D eigenvalue weighted by Gasteiger charge is 2.82. The molecule has 19 atom stereocenters. The van der Waals surface area contributed by atoms with Gasteiger partial charge in [0.15, 0.2) is 35.0 Å². The Labute approximate surface area is 435 Å². The smallest absolute Gasteiger partial charge is 0.309 e. The van der Waals surface area contributed by atoms with Crippen molar-refractivity contribution in [1.29, 1.82) is 0 Å². The summed E-state index contributed by atoms with van der Waals surface area (Å²) in [7, 11) is 0. The standard InChI is InChI=1S/C61H102O11/c1-33(2)43-21-16-38(11)26-48(43)53(63)58(68,31-62)60(70,55(65)50-28-40(13)18-23-45(50)35(5)6)61(71,56(66)51-29-41(14)19-24-46(51)36(7)8)59(69,54(64)49-27-39(12)17-22-44(49)34(3)4)32-72-57(67)52-30-42(15)20-25-47(52)37(9)10/h31,33-52,68-71H,16-30,32H2,1-15H3/t38?,39?,40?,41?,42?,43?,44?,45?,46?,47?,48?,49?,50?,51?,52?,58-,59+,60-,61-/m1/s1. The zero-order valence-corrected chi connectivity index (χ0v) is 47.6. The Kier molecular flexibility index (Phi) is 20.1. The van der Waals surface area contributed by atoms with Crippen molar-refractivity contribution < 1.29 is 53.9 Å². The van der Waals surface area contributed by atoms with Crippen molar-refractivity contribution in [2.45, 2.75) is 223 Å². The second-order valence-corrected chi connectivity index (χ2v) is 27.4. The van der Waals surface area contributed by atoms with Gasteiger partial charge in [-0.3, -0.25) is 28.8 Å². The number of esters is 1. The fourth-order valence-corrected chi connectivity index (χ4v) is 15.9. The molecule has 0 saturated heterocycles. The third-order valence-electron chi connectivity index (χ3n) is 20.5. The molecule has 5 saturated carbocycles. The van der Waals surface area contributed by atoms with Gasteiger partial charge in [0.25, 0.3) is 0 Å². The van der Waals surface area contributed by atoms with Gasteiger partial charge in [-0.2, -0.15) is 0 Å². The molecule has 0 aromatic rings. The molecule has 0 aromatic carbocycles. The monoisotopic (exact) mass is 1010 g/mol. The highest BCUT2D eigenvalue weighted by molar-refractivity contribution is 6.17. The Morgan fingerprint density at radius 3 is 0.986 bits per heavy atom. The molecule has 15 unspecified atom stereocenters. The summed E-state index contributed by atoms with van der Waals surface area (Å²) in [6.45, 7) is 28.1. The minimum absolute atomic E-state index is 0.0598. The number of rotatable bonds is 20. The van der Waals surface area contributed by atoms with Crippen molar-refractivity contribution in [3.63, 3.8) is 0 Å². The lowest BCUT2D eigenvalue weighted by molar-refractivity contribution is -0.273. The second kappa shape index (κ2) is 23.9. The number of carbonyl (C=O) groups excluding carboxylic acids is 6. The molecule has 11 heteroatoms. The van der Waals surface area contributed by atoms with Gasteiger partial charge in [0.05, 0.1) is 5.92 Å². The zero-order chi connectivity index (χ0) is 54.2. The highest BCUT2D eigenvalue weighted by Crippen LogP contribution is 2.55. The highest BCUT2D eigenvalue weighted by atomic mass is 16.6. The molecule has 0 amide bonds. The van der Waals surface area contributed by atoms with Crippen molar-refractivity contribution in [1.82, 2.24) is 0 Å². The van der Waals surface area contributed by atoms with Crippen LogP contribution in [0.5, 0.6) is 0 Å². The van der Waals surface area contributed by atoms with E-state index in [0.29, 0.717) is 44.9 Å². The van der Waals surface area contributed by atoms with Gasteiger partial charge in [-0.25, -0.2) is 0 Å². The average molecular weight is 1010 g/mol. The number of carbonyl (C=O) groups is 6. The summed E-state index contributed by atoms with van der Waals surface area (Å²) in [4.78, 5) is 95.6. The molecule has 0 spiro atoms. The number of ketones is 4. The van der Waals surface area contributed by atoms with E-state index >= 15 is 19.2 Å². The molecule has 0 aliphatic heterocycles. The summed E-state index contributed by atoms with van der Waals surface area (Å²) < 4.78 is 6.27. The molecule has 0 bridgehead atoms. The van der Waals surface area contributed by atoms with Crippen LogP contribution in [0, 0.1) is 118 Å². The first kappa shape index (κ1) is 60.5. The number of Topliss-reactive ketones (excluding diaryl/α,β-unsaturated/α-hetero) is 4. The van der Waals surface area contributed by atoms with E-state index in [4.69, 9.17) is 4.74 Å². The lowest BCUT2D eigenvalue weighted by atomic mass is 9.49. The maximum atomic E-state index is 16.9. The first-order valence-corrected chi connectivity index (χ1v) is 29.1. The molecule has 0 heterocycles. The van der Waals surface area contributed by atoms with E-state index in [-0.39, 0.29) is 97.1 Å². The van der Waals surface area contributed by atoms with E-state index in [1.165, 1.54) is 0 Å². The SMILES string of the molecule is CC1CCC(C(C)C)C(C(=O)OC[C@](O)(C(=O)C2CC(C)CCC2C(C)C)[C@](O)(C(=O)C2CC(C)CCC2C(C)C)[C@@](O)(C(=O)C2CC(C)CCC2C(C)C)[C@@](O)(C=O)C(=O)C2CC(C)CCC2C(C)C)C1. The van der Waals surface area contributed by atoms with E-state index in [0.717, 1.165) is 25.7 Å². The van der Waals surface area contributed by atoms with E-state index in [1.807, 2.05) is 96.9 Å². The summed E-state index contributed by atoms with van der Waals surface area (Å²) in [6.07, 6.45) is 7.53. The maximum Gasteiger partial charge on any atom is 0.309 e. The summed E-state index contributed by atoms with van der Waals surface area (Å²) in [5.41, 5.74) is -15.8. The Morgan fingerprint density at radius 1 is 0.417 bits per heavy atom. The lowest BCUT2D eigenvalue weighted by Gasteiger charge is -2.57. The average Bonchev–Trinajstić information content (AvgIpc) is 3.32. The van der Waals surface area contributed by atoms with Crippen LogP contribution in [0.4, 0.5) is 0 Å². The van der Waals surface area contributed by atoms with Crippen LogP contribution < -0.4 is 0 Å². The van der Waals surface area contributed by atoms with E-state index in [9.17, 15) is 30.0 Å². The van der Waals surface area contributed by atoms with Gasteiger partial charge in [-0.1, -0.05) is 136 Å². The Morgan fingerprint density at radius 2 is 0.681 bits per heavy atom. The Hall–Kier alpha value is -2.34. The van der Waals surface area contributed by atoms with Crippen molar-refractivity contribution in [3.05, 3.63) is 0 Å². The number of hydrogen-bond donors (Lipinski definition) is 4. The predicted molar refractivity (Wildman–Crippen MR) is 281 cm³/mol. The van der Waals surface area contributed by atoms with Gasteiger partial charge in [-0.15, -0.1) is 0 Å². The van der Waals surface area contributed by atoms with Gasteiger partial charge in [0.1, 0.15) is 6.61 Å². The molecule has 4 N–H and O–H groups in total. The Balaban J connectivity index is 1.97. The molecule has 5 rings (SSSR count). The number of aliphatic hydroxyl groups is 4. The van der Waals surface area contributed by atoms with Gasteiger partial charge in [0, 0.05) is 23.7 Å². The molecular weight excluding hydrogens is 909 g/mol. The first-order chi connectivity index (χ1) is 33.4. The van der Waals surface area contributed by atoms with Crippen molar-refractivity contribution in [2.24, 2.45) is 118 Å². The van der Waals surface area contributed by atoms with E-state index < -0.39 is 111 Å². The molecule has 412 valence electrons. The van der Waals surface area contributed by atoms with Crippen molar-refractivity contribution >= 4 is 35.4 Å². The van der Waals surface area contributed by atoms with Gasteiger partial charge in [-0.05, 0) is 153 Å². The van der Waals surface area contributed by atoms with Crippen LogP contribution in [-0.4, -0.2) is 84.8 Å². The molecular formula is C61H102O11. The molecule has 0 radical (unpaired) electrons. The van der Waals surface area contributed by atoms with E-state index in [2.05, 4.69) is 6.92 Å². The fraction of sp³-hybridized carbons (Fsp3) is 0.902. The number of ether oxygens (including phenoxy) is 1. The summed E-state index contributed by atoms with van der Waals surface area (Å²) in [5, 5.41) is 57.6. The summed E-state index contributed by atoms with van der Waals surface area (Å²) in [6, 6.07) is 0. The molecule has 5 aliphatic carbocycles. The number of hydrogen-bond acceptors (Lipinski definition) is 11. The normalized spacial score (nSPS) is 37.3. The topological polar surface area (TPSA) is 193 Å². The second-order valence-electron chi connectivity index (χ2n) is 27.4. The van der Waals surface area contributed by atoms with Crippen LogP contribution in [0.25, 0.3) is 0 Å². The van der Waals surface area contributed by atoms with Crippen LogP contribution in [0.15, 0.2) is 0 Å². The van der Waals surface area contributed by atoms with Gasteiger partial charge in [0.2, 0.25) is 16.8 Å². The third kappa shape index (κ3) is 11.4. The lowest BCUT2D eigenvalue weighted by Crippen LogP contribution is -2.87. The van der Waals surface area contributed by atoms with Gasteiger partial charge < -0.3 is 25.2 Å². The van der Waals surface area contributed by atoms with Crippen LogP contribution in [-0.2, 0) is 33.5 Å². The van der Waals surface area contributed by atoms with Crippen LogP contribution in [0.1, 0.15) is 200 Å². The molecule has 72 heavy (non-hydrogen) atoms. The molecule has 11 nitrogen and oxygen atoms in total. The van der Waals surface area contributed by atoms with Crippen LogP contribution in [0.2, 0.25) is 0 Å². The minimum Gasteiger partial charge on any atom is -0.462 e. The van der Waals surface area contributed by atoms with Crippen LogP contribution in [0.3, 0.4) is 0 Å². The minimum atomic E-state index is -4.15. The van der Waals surface area contributed by atoms with Crippen LogP contribution >= 0.6 is 0 Å². The summed E-state index contributed by atoms with van der Waals surface area (Å²) in [5.74, 6) is -13.9. The third-order valence-corrected chi connectivity index (χ3v) is 20.5. The fourth-order valence-electron chi connectivity index (χ4n) is 15.9. The maximum absolute atomic E-state index is 16.9. The van der Waals surface area contributed by atoms with Gasteiger partial charge >= 0.3 is 5.97 Å². The number of aldehydes is 1. The molecule has 0 aromatic heterocycles.